The van der Waals surface area contributed by atoms with Crippen molar-refractivity contribution in [3.05, 3.63) is 35.2 Å². The van der Waals surface area contributed by atoms with Gasteiger partial charge < -0.3 is 14.4 Å². The molecule has 0 amide bonds. The summed E-state index contributed by atoms with van der Waals surface area (Å²) in [6, 6.07) is 6.24. The highest BCUT2D eigenvalue weighted by molar-refractivity contribution is 7.99. The van der Waals surface area contributed by atoms with E-state index in [0.29, 0.717) is 12.4 Å². The van der Waals surface area contributed by atoms with Crippen molar-refractivity contribution >= 4 is 11.8 Å². The molecule has 21 heavy (non-hydrogen) atoms. The molecule has 2 aromatic rings. The number of aliphatic hydroxyl groups is 1. The zero-order valence-corrected chi connectivity index (χ0v) is 13.5. The van der Waals surface area contributed by atoms with Crippen molar-refractivity contribution in [1.82, 2.24) is 14.8 Å². The van der Waals surface area contributed by atoms with E-state index < -0.39 is 0 Å². The molecule has 2 rings (SSSR count). The van der Waals surface area contributed by atoms with Crippen LogP contribution in [0.4, 0.5) is 0 Å². The van der Waals surface area contributed by atoms with E-state index in [2.05, 4.69) is 42.2 Å². The minimum Gasteiger partial charge on any atom is -0.493 e. The quantitative estimate of drug-likeness (QED) is 0.629. The molecule has 0 aliphatic rings. The second-order valence-corrected chi connectivity index (χ2v) is 6.00. The summed E-state index contributed by atoms with van der Waals surface area (Å²) in [6.45, 7) is 4.72. The van der Waals surface area contributed by atoms with Crippen molar-refractivity contribution in [2.45, 2.75) is 32.0 Å². The molecule has 0 saturated heterocycles. The largest absolute Gasteiger partial charge is 0.493 e. The van der Waals surface area contributed by atoms with E-state index in [9.17, 15) is 0 Å². The third-order valence-corrected chi connectivity index (χ3v) is 4.29. The monoisotopic (exact) mass is 307 g/mol. The lowest BCUT2D eigenvalue weighted by Gasteiger charge is -2.09. The fraction of sp³-hybridized carbons (Fsp3) is 0.467. The van der Waals surface area contributed by atoms with E-state index in [1.165, 1.54) is 5.56 Å². The molecule has 0 unspecified atom stereocenters. The van der Waals surface area contributed by atoms with Gasteiger partial charge in [-0.05, 0) is 37.5 Å². The highest BCUT2D eigenvalue weighted by Gasteiger charge is 2.07. The first-order valence-corrected chi connectivity index (χ1v) is 7.92. The molecule has 1 aromatic carbocycles. The average Bonchev–Trinajstić information content (AvgIpc) is 2.83. The van der Waals surface area contributed by atoms with Crippen LogP contribution in [0.2, 0.25) is 0 Å². The van der Waals surface area contributed by atoms with Gasteiger partial charge in [0.05, 0.1) is 6.61 Å². The van der Waals surface area contributed by atoms with Gasteiger partial charge in [-0.15, -0.1) is 10.2 Å². The Balaban J connectivity index is 1.75. The predicted octanol–water partition coefficient (Wildman–Crippen LogP) is 2.49. The zero-order valence-electron chi connectivity index (χ0n) is 12.7. The number of aryl methyl sites for hydroxylation is 2. The van der Waals surface area contributed by atoms with Crippen LogP contribution in [0.5, 0.6) is 5.75 Å². The molecule has 6 heteroatoms. The summed E-state index contributed by atoms with van der Waals surface area (Å²) in [6.07, 6.45) is 0.930. The van der Waals surface area contributed by atoms with Gasteiger partial charge >= 0.3 is 0 Å². The Bertz CT molecular complexity index is 599. The average molecular weight is 307 g/mol. The van der Waals surface area contributed by atoms with E-state index in [4.69, 9.17) is 9.84 Å². The molecule has 0 aliphatic carbocycles. The Morgan fingerprint density at radius 1 is 1.29 bits per heavy atom. The van der Waals surface area contributed by atoms with Gasteiger partial charge in [0.25, 0.3) is 0 Å². The third-order valence-electron chi connectivity index (χ3n) is 3.19. The Labute approximate surface area is 129 Å². The maximum atomic E-state index is 9.06. The molecule has 5 nitrogen and oxygen atoms in total. The summed E-state index contributed by atoms with van der Waals surface area (Å²) in [5.74, 6) is 2.45. The summed E-state index contributed by atoms with van der Waals surface area (Å²) >= 11 is 1.62. The second-order valence-electron chi connectivity index (χ2n) is 4.94. The first kappa shape index (κ1) is 15.9. The van der Waals surface area contributed by atoms with Gasteiger partial charge in [-0.3, -0.25) is 0 Å². The maximum Gasteiger partial charge on any atom is 0.191 e. The van der Waals surface area contributed by atoms with E-state index in [0.717, 1.165) is 28.6 Å². The van der Waals surface area contributed by atoms with Crippen molar-refractivity contribution in [2.24, 2.45) is 7.05 Å². The molecular weight excluding hydrogens is 286 g/mol. The van der Waals surface area contributed by atoms with Crippen LogP contribution >= 0.6 is 11.8 Å². The minimum absolute atomic E-state index is 0.0835. The van der Waals surface area contributed by atoms with Crippen LogP contribution in [-0.2, 0) is 13.7 Å². The number of hydrogen-bond donors (Lipinski definition) is 1. The fourth-order valence-electron chi connectivity index (χ4n) is 1.88. The van der Waals surface area contributed by atoms with Crippen LogP contribution in [-0.4, -0.2) is 32.2 Å². The lowest BCUT2D eigenvalue weighted by molar-refractivity contribution is 0.266. The number of hydrogen-bond acceptors (Lipinski definition) is 5. The van der Waals surface area contributed by atoms with Crippen molar-refractivity contribution in [3.8, 4) is 5.75 Å². The topological polar surface area (TPSA) is 60.2 Å². The van der Waals surface area contributed by atoms with Crippen LogP contribution in [0, 0.1) is 13.8 Å². The van der Waals surface area contributed by atoms with E-state index in [1.807, 2.05) is 11.6 Å². The summed E-state index contributed by atoms with van der Waals surface area (Å²) in [5.41, 5.74) is 2.37. The first-order valence-electron chi connectivity index (χ1n) is 6.94. The number of ether oxygens (including phenoxy) is 1. The normalized spacial score (nSPS) is 10.9. The number of aliphatic hydroxyl groups excluding tert-OH is 1. The number of thioether (sulfide) groups is 1. The molecule has 0 saturated carbocycles. The molecule has 0 fully saturated rings. The summed E-state index contributed by atoms with van der Waals surface area (Å²) < 4.78 is 7.63. The highest BCUT2D eigenvalue weighted by atomic mass is 32.2. The van der Waals surface area contributed by atoms with Crippen molar-refractivity contribution in [2.75, 3.05) is 12.4 Å². The van der Waals surface area contributed by atoms with Crippen LogP contribution in [0.15, 0.2) is 23.4 Å². The van der Waals surface area contributed by atoms with Gasteiger partial charge in [0.1, 0.15) is 12.4 Å². The number of aromatic nitrogens is 3. The molecule has 0 bridgehead atoms. The van der Waals surface area contributed by atoms with Crippen molar-refractivity contribution < 1.29 is 9.84 Å². The summed E-state index contributed by atoms with van der Waals surface area (Å²) in [4.78, 5) is 0. The smallest absolute Gasteiger partial charge is 0.191 e. The summed E-state index contributed by atoms with van der Waals surface area (Å²) in [7, 11) is 1.86. The highest BCUT2D eigenvalue weighted by Crippen LogP contribution is 2.20. The minimum atomic E-state index is -0.0835. The standard InChI is InChI=1S/C15H21N3O2S/c1-11-5-6-12(2)13(9-11)20-7-4-8-21-15-17-16-14(10-19)18(15)3/h5-6,9,19H,4,7-8,10H2,1-3H3. The SMILES string of the molecule is Cc1ccc(C)c(OCCCSc2nnc(CO)n2C)c1. The van der Waals surface area contributed by atoms with Crippen molar-refractivity contribution in [1.29, 1.82) is 0 Å². The molecule has 0 atom stereocenters. The number of nitrogens with zero attached hydrogens (tertiary/aromatic N) is 3. The lowest BCUT2D eigenvalue weighted by Crippen LogP contribution is -2.02. The van der Waals surface area contributed by atoms with E-state index in [1.54, 1.807) is 11.8 Å². The van der Waals surface area contributed by atoms with E-state index in [-0.39, 0.29) is 6.61 Å². The Morgan fingerprint density at radius 3 is 2.81 bits per heavy atom. The zero-order chi connectivity index (χ0) is 15.2. The second kappa shape index (κ2) is 7.47. The summed E-state index contributed by atoms with van der Waals surface area (Å²) in [5, 5.41) is 17.8. The number of benzene rings is 1. The van der Waals surface area contributed by atoms with Crippen LogP contribution in [0.25, 0.3) is 0 Å². The molecule has 0 radical (unpaired) electrons. The lowest BCUT2D eigenvalue weighted by atomic mass is 10.1. The van der Waals surface area contributed by atoms with Gasteiger partial charge in [0.2, 0.25) is 0 Å². The molecular formula is C15H21N3O2S. The molecule has 0 spiro atoms. The number of rotatable bonds is 7. The molecule has 0 aliphatic heterocycles. The molecule has 1 heterocycles. The maximum absolute atomic E-state index is 9.06. The Hall–Kier alpha value is -1.53. The predicted molar refractivity (Wildman–Crippen MR) is 83.7 cm³/mol. The van der Waals surface area contributed by atoms with Gasteiger partial charge in [0.15, 0.2) is 11.0 Å². The first-order chi connectivity index (χ1) is 10.1. The van der Waals surface area contributed by atoms with Crippen LogP contribution < -0.4 is 4.74 Å². The molecule has 114 valence electrons. The van der Waals surface area contributed by atoms with Crippen molar-refractivity contribution in [3.63, 3.8) is 0 Å². The van der Waals surface area contributed by atoms with Crippen LogP contribution in [0.3, 0.4) is 0 Å². The third kappa shape index (κ3) is 4.22. The molecule has 1 aromatic heterocycles. The van der Waals surface area contributed by atoms with Gasteiger partial charge in [-0.2, -0.15) is 0 Å². The van der Waals surface area contributed by atoms with Crippen LogP contribution in [0.1, 0.15) is 23.4 Å². The van der Waals surface area contributed by atoms with Gasteiger partial charge in [0, 0.05) is 12.8 Å². The van der Waals surface area contributed by atoms with E-state index >= 15 is 0 Å². The fourth-order valence-corrected chi connectivity index (χ4v) is 2.72. The van der Waals surface area contributed by atoms with Gasteiger partial charge in [-0.1, -0.05) is 23.9 Å². The molecule has 1 N–H and O–H groups in total. The Morgan fingerprint density at radius 2 is 2.10 bits per heavy atom. The Kier molecular flexibility index (Phi) is 5.64. The van der Waals surface area contributed by atoms with Gasteiger partial charge in [-0.25, -0.2) is 0 Å².